The van der Waals surface area contributed by atoms with Gasteiger partial charge in [-0.15, -0.1) is 0 Å². The van der Waals surface area contributed by atoms with Gasteiger partial charge < -0.3 is 14.9 Å². The topological polar surface area (TPSA) is 79.8 Å². The van der Waals surface area contributed by atoms with Crippen molar-refractivity contribution in [3.8, 4) is 11.3 Å². The number of aryl methyl sites for hydroxylation is 1. The highest BCUT2D eigenvalue weighted by Gasteiger charge is 2.30. The van der Waals surface area contributed by atoms with Crippen molar-refractivity contribution in [1.29, 1.82) is 0 Å². The first kappa shape index (κ1) is 26.0. The molecular formula is C25H20F6N4O2. The summed E-state index contributed by atoms with van der Waals surface area (Å²) < 4.78 is 79.9. The van der Waals surface area contributed by atoms with Crippen LogP contribution in [0.25, 0.3) is 22.2 Å². The van der Waals surface area contributed by atoms with Gasteiger partial charge in [0, 0.05) is 42.7 Å². The van der Waals surface area contributed by atoms with E-state index in [9.17, 15) is 35.9 Å². The average Bonchev–Trinajstić information content (AvgIpc) is 3.27. The average molecular weight is 522 g/mol. The number of benzene rings is 1. The minimum Gasteiger partial charge on any atom is -0.354 e. The van der Waals surface area contributed by atoms with Crippen molar-refractivity contribution in [3.63, 3.8) is 0 Å². The fourth-order valence-corrected chi connectivity index (χ4v) is 4.08. The highest BCUT2D eigenvalue weighted by Crippen LogP contribution is 2.30. The molecule has 0 unspecified atom stereocenters. The van der Waals surface area contributed by atoms with E-state index in [1.54, 1.807) is 0 Å². The van der Waals surface area contributed by atoms with Crippen LogP contribution >= 0.6 is 0 Å². The molecule has 3 aromatic heterocycles. The number of H-pyrrole nitrogens is 1. The van der Waals surface area contributed by atoms with Gasteiger partial charge in [0.2, 0.25) is 12.3 Å². The number of fused-ring (bicyclic) bond motifs is 1. The number of halogens is 6. The Morgan fingerprint density at radius 2 is 1.84 bits per heavy atom. The van der Waals surface area contributed by atoms with Crippen LogP contribution in [0.5, 0.6) is 0 Å². The van der Waals surface area contributed by atoms with Crippen molar-refractivity contribution in [2.45, 2.75) is 31.4 Å². The number of carbonyl (C=O) groups excluding carboxylic acids is 1. The summed E-state index contributed by atoms with van der Waals surface area (Å²) in [5.41, 5.74) is 0.286. The Labute approximate surface area is 206 Å². The van der Waals surface area contributed by atoms with Crippen molar-refractivity contribution in [1.82, 2.24) is 14.5 Å². The van der Waals surface area contributed by atoms with E-state index < -0.39 is 48.6 Å². The fourth-order valence-electron chi connectivity index (χ4n) is 4.08. The Morgan fingerprint density at radius 1 is 1.14 bits per heavy atom. The van der Waals surface area contributed by atoms with E-state index in [1.807, 2.05) is 0 Å². The summed E-state index contributed by atoms with van der Waals surface area (Å²) in [6, 6.07) is 8.91. The minimum atomic E-state index is -4.50. The monoisotopic (exact) mass is 522 g/mol. The van der Waals surface area contributed by atoms with Gasteiger partial charge in [-0.2, -0.15) is 13.2 Å². The molecular weight excluding hydrogens is 502 g/mol. The molecule has 0 aliphatic rings. The molecule has 4 rings (SSSR count). The first-order chi connectivity index (χ1) is 17.4. The molecule has 0 fully saturated rings. The zero-order chi connectivity index (χ0) is 26.9. The van der Waals surface area contributed by atoms with E-state index in [1.165, 1.54) is 43.6 Å². The second kappa shape index (κ2) is 10.1. The van der Waals surface area contributed by atoms with Gasteiger partial charge in [-0.1, -0.05) is 12.1 Å². The number of alkyl halides is 5. The van der Waals surface area contributed by atoms with Crippen molar-refractivity contribution in [3.05, 3.63) is 82.2 Å². The van der Waals surface area contributed by atoms with E-state index in [4.69, 9.17) is 0 Å². The van der Waals surface area contributed by atoms with E-state index in [2.05, 4.69) is 15.3 Å². The number of pyridine rings is 2. The molecule has 1 aromatic carbocycles. The first-order valence-electron chi connectivity index (χ1n) is 11.0. The highest BCUT2D eigenvalue weighted by molar-refractivity contribution is 5.96. The van der Waals surface area contributed by atoms with Gasteiger partial charge in [0.1, 0.15) is 11.6 Å². The van der Waals surface area contributed by atoms with Crippen molar-refractivity contribution < 1.29 is 31.1 Å². The van der Waals surface area contributed by atoms with Crippen LogP contribution in [0.1, 0.15) is 23.5 Å². The Kier molecular flexibility index (Phi) is 7.10. The normalized spacial score (nSPS) is 12.8. The van der Waals surface area contributed by atoms with Crippen LogP contribution in [-0.2, 0) is 18.3 Å². The number of anilines is 1. The Morgan fingerprint density at radius 3 is 2.49 bits per heavy atom. The van der Waals surface area contributed by atoms with E-state index in [0.29, 0.717) is 11.3 Å². The number of rotatable bonds is 7. The first-order valence-corrected chi connectivity index (χ1v) is 11.0. The van der Waals surface area contributed by atoms with Gasteiger partial charge in [0.05, 0.1) is 23.2 Å². The molecule has 194 valence electrons. The Balaban J connectivity index is 1.66. The molecule has 0 saturated heterocycles. The number of aromatic amines is 1. The third-order valence-electron chi connectivity index (χ3n) is 5.75. The van der Waals surface area contributed by atoms with Gasteiger partial charge in [-0.3, -0.25) is 9.59 Å². The van der Waals surface area contributed by atoms with Crippen molar-refractivity contribution in [2.75, 3.05) is 5.32 Å². The van der Waals surface area contributed by atoms with Gasteiger partial charge in [-0.25, -0.2) is 18.2 Å². The highest BCUT2D eigenvalue weighted by atomic mass is 19.4. The quantitative estimate of drug-likeness (QED) is 0.313. The van der Waals surface area contributed by atoms with Gasteiger partial charge in [-0.05, 0) is 35.9 Å². The molecule has 0 radical (unpaired) electrons. The predicted molar refractivity (Wildman–Crippen MR) is 125 cm³/mol. The maximum atomic E-state index is 13.3. The van der Waals surface area contributed by atoms with E-state index in [0.717, 1.165) is 22.9 Å². The molecule has 0 aliphatic heterocycles. The third kappa shape index (κ3) is 6.01. The predicted octanol–water partition coefficient (Wildman–Crippen LogP) is 5.55. The zero-order valence-electron chi connectivity index (χ0n) is 19.2. The molecule has 12 heteroatoms. The van der Waals surface area contributed by atoms with Crippen LogP contribution in [0, 0.1) is 5.82 Å². The summed E-state index contributed by atoms with van der Waals surface area (Å²) >= 11 is 0. The molecule has 6 nitrogen and oxygen atoms in total. The lowest BCUT2D eigenvalue weighted by atomic mass is 9.95. The molecule has 37 heavy (non-hydrogen) atoms. The van der Waals surface area contributed by atoms with Crippen LogP contribution in [-0.4, -0.2) is 33.0 Å². The van der Waals surface area contributed by atoms with Crippen LogP contribution in [0.15, 0.2) is 59.7 Å². The summed E-state index contributed by atoms with van der Waals surface area (Å²) in [5.74, 6) is -2.67. The molecule has 2 N–H and O–H groups in total. The van der Waals surface area contributed by atoms with E-state index >= 15 is 0 Å². The summed E-state index contributed by atoms with van der Waals surface area (Å²) in [6.45, 7) is 0. The summed E-state index contributed by atoms with van der Waals surface area (Å²) in [4.78, 5) is 32.2. The van der Waals surface area contributed by atoms with Crippen molar-refractivity contribution >= 4 is 22.6 Å². The molecule has 3 heterocycles. The standard InChI is InChI=1S/C25H20F6N4O2/c1-35-12-15(11-25(29,30)31)22-18(24(35)37)9-19(33-22)14-6-7-32-21(8-14)34-23(36)17(10-20(27)28)13-2-4-16(26)5-3-13/h2-9,12,17,20,33H,10-11H2,1H3,(H,32,34,36)/t17-/m1/s1. The molecule has 0 spiro atoms. The van der Waals surface area contributed by atoms with E-state index in [-0.39, 0.29) is 27.8 Å². The SMILES string of the molecule is Cn1cc(CC(F)(F)F)c2[nH]c(-c3ccnc(NC(=O)[C@H](CC(F)F)c4ccc(F)cc4)c3)cc2c1=O. The molecule has 0 aliphatic carbocycles. The molecule has 0 bridgehead atoms. The number of nitrogens with one attached hydrogen (secondary N) is 2. The lowest BCUT2D eigenvalue weighted by Crippen LogP contribution is -2.23. The van der Waals surface area contributed by atoms with Gasteiger partial charge >= 0.3 is 6.18 Å². The lowest BCUT2D eigenvalue weighted by Gasteiger charge is -2.17. The maximum Gasteiger partial charge on any atom is 0.393 e. The second-order valence-corrected chi connectivity index (χ2v) is 8.48. The lowest BCUT2D eigenvalue weighted by molar-refractivity contribution is -0.127. The number of nitrogens with zero attached hydrogens (tertiary/aromatic N) is 2. The second-order valence-electron chi connectivity index (χ2n) is 8.48. The molecule has 0 saturated carbocycles. The van der Waals surface area contributed by atoms with Crippen molar-refractivity contribution in [2.24, 2.45) is 7.05 Å². The van der Waals surface area contributed by atoms with Crippen LogP contribution in [0.3, 0.4) is 0 Å². The number of aromatic nitrogens is 3. The zero-order valence-corrected chi connectivity index (χ0v) is 19.2. The number of hydrogen-bond acceptors (Lipinski definition) is 3. The summed E-state index contributed by atoms with van der Waals surface area (Å²) in [6.07, 6.45) is -6.92. The van der Waals surface area contributed by atoms with Crippen LogP contribution < -0.4 is 10.9 Å². The largest absolute Gasteiger partial charge is 0.393 e. The van der Waals surface area contributed by atoms with Gasteiger partial charge in [0.15, 0.2) is 0 Å². The number of carbonyl (C=O) groups is 1. The maximum absolute atomic E-state index is 13.3. The van der Waals surface area contributed by atoms with Gasteiger partial charge in [0.25, 0.3) is 5.56 Å². The minimum absolute atomic E-state index is 0.00838. The number of hydrogen-bond donors (Lipinski definition) is 2. The van der Waals surface area contributed by atoms with Crippen LogP contribution in [0.2, 0.25) is 0 Å². The summed E-state index contributed by atoms with van der Waals surface area (Å²) in [5, 5.41) is 2.51. The molecule has 4 aromatic rings. The molecule has 1 atom stereocenters. The smallest absolute Gasteiger partial charge is 0.354 e. The third-order valence-corrected chi connectivity index (χ3v) is 5.75. The Hall–Kier alpha value is -4.09. The number of amides is 1. The molecule has 1 amide bonds. The fraction of sp³-hybridized carbons (Fsp3) is 0.240. The summed E-state index contributed by atoms with van der Waals surface area (Å²) in [7, 11) is 1.35. The van der Waals surface area contributed by atoms with Crippen LogP contribution in [0.4, 0.5) is 32.2 Å². The Bertz CT molecular complexity index is 1490.